The minimum Gasteiger partial charge on any atom is -0.347 e. The summed E-state index contributed by atoms with van der Waals surface area (Å²) in [6, 6.07) is -0.164. The number of likely N-dealkylation sites (tertiary alicyclic amines) is 1. The molecule has 0 aromatic heterocycles. The third kappa shape index (κ3) is 4.20. The molecular formula is C15H25N3O2. The molecule has 1 atom stereocenters. The molecule has 5 heteroatoms. The number of hydrogen-bond acceptors (Lipinski definition) is 3. The predicted molar refractivity (Wildman–Crippen MR) is 80.3 cm³/mol. The molecule has 1 unspecified atom stereocenters. The summed E-state index contributed by atoms with van der Waals surface area (Å²) < 4.78 is 0. The van der Waals surface area contributed by atoms with Crippen LogP contribution in [0.15, 0.2) is 25.3 Å². The van der Waals surface area contributed by atoms with Crippen molar-refractivity contribution in [2.24, 2.45) is 0 Å². The normalized spacial score (nSPS) is 18.6. The number of nitrogens with zero attached hydrogens (tertiary/aromatic N) is 3. The molecule has 0 spiro atoms. The van der Waals surface area contributed by atoms with Gasteiger partial charge in [0.1, 0.15) is 0 Å². The van der Waals surface area contributed by atoms with Crippen molar-refractivity contribution in [3.8, 4) is 0 Å². The number of rotatable bonds is 7. The highest BCUT2D eigenvalue weighted by Gasteiger charge is 2.33. The molecule has 0 radical (unpaired) electrons. The minimum atomic E-state index is -0.164. The van der Waals surface area contributed by atoms with Crippen molar-refractivity contribution in [3.63, 3.8) is 0 Å². The Morgan fingerprint density at radius 2 is 1.85 bits per heavy atom. The molecule has 0 saturated carbocycles. The first kappa shape index (κ1) is 16.4. The lowest BCUT2D eigenvalue weighted by Gasteiger charge is -2.28. The van der Waals surface area contributed by atoms with E-state index in [0.717, 1.165) is 19.4 Å². The first-order valence-electron chi connectivity index (χ1n) is 6.96. The fourth-order valence-electron chi connectivity index (χ4n) is 2.46. The Labute approximate surface area is 121 Å². The topological polar surface area (TPSA) is 43.9 Å². The quantitative estimate of drug-likeness (QED) is 0.646. The van der Waals surface area contributed by atoms with E-state index in [4.69, 9.17) is 0 Å². The van der Waals surface area contributed by atoms with Crippen LogP contribution in [0.3, 0.4) is 0 Å². The van der Waals surface area contributed by atoms with Crippen LogP contribution in [0.1, 0.15) is 12.8 Å². The van der Waals surface area contributed by atoms with Crippen molar-refractivity contribution in [1.82, 2.24) is 14.7 Å². The molecule has 0 aromatic carbocycles. The maximum absolute atomic E-state index is 12.3. The maximum atomic E-state index is 12.3. The SMILES string of the molecule is C=CCN(CC=C)C(=O)CN1CCCC1C(=O)N(C)C. The second kappa shape index (κ2) is 7.85. The Morgan fingerprint density at radius 3 is 2.35 bits per heavy atom. The molecule has 2 amide bonds. The second-order valence-electron chi connectivity index (χ2n) is 5.24. The number of hydrogen-bond donors (Lipinski definition) is 0. The largest absolute Gasteiger partial charge is 0.347 e. The zero-order valence-corrected chi connectivity index (χ0v) is 12.5. The highest BCUT2D eigenvalue weighted by Crippen LogP contribution is 2.18. The van der Waals surface area contributed by atoms with Crippen molar-refractivity contribution in [3.05, 3.63) is 25.3 Å². The van der Waals surface area contributed by atoms with Gasteiger partial charge in [-0.05, 0) is 19.4 Å². The first-order valence-corrected chi connectivity index (χ1v) is 6.96. The average Bonchev–Trinajstić information content (AvgIpc) is 2.85. The van der Waals surface area contributed by atoms with Gasteiger partial charge in [0.2, 0.25) is 11.8 Å². The van der Waals surface area contributed by atoms with E-state index in [1.54, 1.807) is 36.0 Å². The van der Waals surface area contributed by atoms with Crippen molar-refractivity contribution in [1.29, 1.82) is 0 Å². The van der Waals surface area contributed by atoms with E-state index in [0.29, 0.717) is 13.1 Å². The summed E-state index contributed by atoms with van der Waals surface area (Å²) in [6.07, 6.45) is 5.19. The van der Waals surface area contributed by atoms with Gasteiger partial charge in [0.25, 0.3) is 0 Å². The van der Waals surface area contributed by atoms with Crippen molar-refractivity contribution >= 4 is 11.8 Å². The van der Waals surface area contributed by atoms with E-state index >= 15 is 0 Å². The molecule has 112 valence electrons. The average molecular weight is 279 g/mol. The van der Waals surface area contributed by atoms with Crippen molar-refractivity contribution in [2.45, 2.75) is 18.9 Å². The third-order valence-electron chi connectivity index (χ3n) is 3.48. The van der Waals surface area contributed by atoms with Crippen LogP contribution in [0.2, 0.25) is 0 Å². The molecule has 5 nitrogen and oxygen atoms in total. The molecule has 1 rings (SSSR count). The summed E-state index contributed by atoms with van der Waals surface area (Å²) in [4.78, 5) is 29.6. The predicted octanol–water partition coefficient (Wildman–Crippen LogP) is 0.740. The van der Waals surface area contributed by atoms with Gasteiger partial charge in [-0.25, -0.2) is 0 Å². The van der Waals surface area contributed by atoms with Gasteiger partial charge in [0.15, 0.2) is 0 Å². The van der Waals surface area contributed by atoms with Crippen LogP contribution < -0.4 is 0 Å². The zero-order chi connectivity index (χ0) is 15.1. The van der Waals surface area contributed by atoms with E-state index in [9.17, 15) is 9.59 Å². The Morgan fingerprint density at radius 1 is 1.25 bits per heavy atom. The molecule has 1 fully saturated rings. The van der Waals surface area contributed by atoms with Gasteiger partial charge in [0, 0.05) is 27.2 Å². The van der Waals surface area contributed by atoms with Crippen LogP contribution in [-0.2, 0) is 9.59 Å². The van der Waals surface area contributed by atoms with Gasteiger partial charge in [-0.15, -0.1) is 13.2 Å². The van der Waals surface area contributed by atoms with Crippen LogP contribution in [-0.4, -0.2) is 72.8 Å². The fourth-order valence-corrected chi connectivity index (χ4v) is 2.46. The lowest BCUT2D eigenvalue weighted by atomic mass is 10.2. The minimum absolute atomic E-state index is 0.0169. The summed E-state index contributed by atoms with van der Waals surface area (Å²) in [5.74, 6) is 0.0950. The van der Waals surface area contributed by atoms with Crippen LogP contribution >= 0.6 is 0 Å². The number of carbonyl (C=O) groups excluding carboxylic acids is 2. The van der Waals surface area contributed by atoms with E-state index in [2.05, 4.69) is 13.2 Å². The van der Waals surface area contributed by atoms with Crippen LogP contribution in [0, 0.1) is 0 Å². The third-order valence-corrected chi connectivity index (χ3v) is 3.48. The van der Waals surface area contributed by atoms with Crippen LogP contribution in [0.25, 0.3) is 0 Å². The highest BCUT2D eigenvalue weighted by molar-refractivity contribution is 5.84. The van der Waals surface area contributed by atoms with Crippen LogP contribution in [0.4, 0.5) is 0 Å². The van der Waals surface area contributed by atoms with E-state index in [1.165, 1.54) is 0 Å². The first-order chi connectivity index (χ1) is 9.51. The van der Waals surface area contributed by atoms with E-state index in [1.807, 2.05) is 4.90 Å². The van der Waals surface area contributed by atoms with Gasteiger partial charge in [-0.2, -0.15) is 0 Å². The summed E-state index contributed by atoms with van der Waals surface area (Å²) in [5, 5.41) is 0. The van der Waals surface area contributed by atoms with Crippen molar-refractivity contribution in [2.75, 3.05) is 40.3 Å². The Balaban J connectivity index is 2.65. The van der Waals surface area contributed by atoms with Gasteiger partial charge in [0.05, 0.1) is 12.6 Å². The van der Waals surface area contributed by atoms with Gasteiger partial charge in [-0.1, -0.05) is 12.2 Å². The van der Waals surface area contributed by atoms with Gasteiger partial charge < -0.3 is 9.80 Å². The molecule has 1 saturated heterocycles. The lowest BCUT2D eigenvalue weighted by Crippen LogP contribution is -2.47. The van der Waals surface area contributed by atoms with Gasteiger partial charge >= 0.3 is 0 Å². The number of likely N-dealkylation sites (N-methyl/N-ethyl adjacent to an activating group) is 1. The van der Waals surface area contributed by atoms with Crippen molar-refractivity contribution < 1.29 is 9.59 Å². The van der Waals surface area contributed by atoms with E-state index in [-0.39, 0.29) is 24.4 Å². The molecule has 0 aromatic rings. The highest BCUT2D eigenvalue weighted by atomic mass is 16.2. The molecule has 1 aliphatic heterocycles. The molecule has 1 aliphatic rings. The van der Waals surface area contributed by atoms with Gasteiger partial charge in [-0.3, -0.25) is 14.5 Å². The summed E-state index contributed by atoms with van der Waals surface area (Å²) >= 11 is 0. The Hall–Kier alpha value is -1.62. The lowest BCUT2D eigenvalue weighted by molar-refractivity contribution is -0.136. The second-order valence-corrected chi connectivity index (χ2v) is 5.24. The van der Waals surface area contributed by atoms with E-state index < -0.39 is 0 Å². The maximum Gasteiger partial charge on any atom is 0.239 e. The standard InChI is InChI=1S/C15H25N3O2/c1-5-9-17(10-6-2)14(19)12-18-11-7-8-13(18)15(20)16(3)4/h5-6,13H,1-2,7-12H2,3-4H3. The molecular weight excluding hydrogens is 254 g/mol. The Kier molecular flexibility index (Phi) is 6.45. The molecule has 20 heavy (non-hydrogen) atoms. The zero-order valence-electron chi connectivity index (χ0n) is 12.5. The monoisotopic (exact) mass is 279 g/mol. The molecule has 0 bridgehead atoms. The molecule has 0 aliphatic carbocycles. The molecule has 1 heterocycles. The Bertz CT molecular complexity index is 369. The summed E-state index contributed by atoms with van der Waals surface area (Å²) in [6.45, 7) is 9.41. The smallest absolute Gasteiger partial charge is 0.239 e. The molecule has 0 N–H and O–H groups in total. The summed E-state index contributed by atoms with van der Waals surface area (Å²) in [5.41, 5.74) is 0. The summed E-state index contributed by atoms with van der Waals surface area (Å²) in [7, 11) is 3.50. The van der Waals surface area contributed by atoms with Crippen LogP contribution in [0.5, 0.6) is 0 Å². The fraction of sp³-hybridized carbons (Fsp3) is 0.600. The number of carbonyl (C=O) groups is 2. The number of amides is 2.